The van der Waals surface area contributed by atoms with Crippen LogP contribution in [0.4, 0.5) is 0 Å². The lowest BCUT2D eigenvalue weighted by molar-refractivity contribution is -0.133. The Balaban J connectivity index is 1.64. The second kappa shape index (κ2) is 7.58. The van der Waals surface area contributed by atoms with Crippen LogP contribution in [0.1, 0.15) is 38.5 Å². The normalized spacial score (nSPS) is 21.9. The van der Waals surface area contributed by atoms with E-state index in [9.17, 15) is 13.2 Å². The molecule has 1 amide bonds. The zero-order valence-corrected chi connectivity index (χ0v) is 13.9. The monoisotopic (exact) mass is 316 g/mol. The van der Waals surface area contributed by atoms with Crippen molar-refractivity contribution >= 4 is 15.7 Å². The molecule has 1 saturated heterocycles. The Labute approximate surface area is 128 Å². The predicted molar refractivity (Wildman–Crippen MR) is 83.9 cm³/mol. The lowest BCUT2D eigenvalue weighted by Crippen LogP contribution is -2.49. The summed E-state index contributed by atoms with van der Waals surface area (Å²) in [6, 6.07) is 0. The summed E-state index contributed by atoms with van der Waals surface area (Å²) in [6.45, 7) is 3.67. The molecule has 122 valence electrons. The first-order valence-corrected chi connectivity index (χ1v) is 10.2. The first-order chi connectivity index (χ1) is 9.94. The Bertz CT molecular complexity index is 436. The van der Waals surface area contributed by atoms with Gasteiger partial charge in [0.1, 0.15) is 9.84 Å². The van der Waals surface area contributed by atoms with Crippen molar-refractivity contribution in [2.24, 2.45) is 5.92 Å². The van der Waals surface area contributed by atoms with Gasteiger partial charge in [-0.25, -0.2) is 8.42 Å². The summed E-state index contributed by atoms with van der Waals surface area (Å²) in [5.74, 6) is 1.26. The van der Waals surface area contributed by atoms with Gasteiger partial charge in [0.2, 0.25) is 5.91 Å². The Morgan fingerprint density at radius 3 is 2.29 bits per heavy atom. The Morgan fingerprint density at radius 1 is 1.10 bits per heavy atom. The molecule has 2 rings (SSSR count). The molecule has 0 aromatic heterocycles. The van der Waals surface area contributed by atoms with E-state index < -0.39 is 9.84 Å². The fraction of sp³-hybridized carbons (Fsp3) is 0.933. The van der Waals surface area contributed by atoms with Gasteiger partial charge >= 0.3 is 0 Å². The first kappa shape index (κ1) is 16.7. The van der Waals surface area contributed by atoms with E-state index in [0.717, 1.165) is 38.5 Å². The topological polar surface area (TPSA) is 57.7 Å². The van der Waals surface area contributed by atoms with Crippen molar-refractivity contribution in [3.05, 3.63) is 0 Å². The Hall–Kier alpha value is -0.620. The van der Waals surface area contributed by atoms with Gasteiger partial charge in [0.05, 0.1) is 5.75 Å². The minimum absolute atomic E-state index is 0.211. The lowest BCUT2D eigenvalue weighted by atomic mass is 10.0. The maximum atomic E-state index is 12.2. The standard InChI is InChI=1S/C15H28N2O3S/c1-21(19,20)13-12-16-8-10-17(11-9-16)15(18)7-6-14-4-2-3-5-14/h14H,2-13H2,1H3. The molecule has 0 aromatic rings. The molecule has 5 nitrogen and oxygen atoms in total. The number of hydrogen-bond donors (Lipinski definition) is 0. The van der Waals surface area contributed by atoms with Gasteiger partial charge in [-0.05, 0) is 12.3 Å². The summed E-state index contributed by atoms with van der Waals surface area (Å²) >= 11 is 0. The molecule has 0 unspecified atom stereocenters. The van der Waals surface area contributed by atoms with Crippen LogP contribution in [-0.2, 0) is 14.6 Å². The third-order valence-corrected chi connectivity index (χ3v) is 5.67. The molecule has 21 heavy (non-hydrogen) atoms. The van der Waals surface area contributed by atoms with Crippen LogP contribution < -0.4 is 0 Å². The average Bonchev–Trinajstić information content (AvgIpc) is 2.95. The molecule has 1 aliphatic carbocycles. The van der Waals surface area contributed by atoms with E-state index in [4.69, 9.17) is 0 Å². The zero-order chi connectivity index (χ0) is 15.3. The second-order valence-electron chi connectivity index (χ2n) is 6.54. The predicted octanol–water partition coefficient (Wildman–Crippen LogP) is 1.15. The molecule has 0 aromatic carbocycles. The Morgan fingerprint density at radius 2 is 1.71 bits per heavy atom. The fourth-order valence-corrected chi connectivity index (χ4v) is 3.89. The maximum absolute atomic E-state index is 12.2. The molecule has 0 radical (unpaired) electrons. The largest absolute Gasteiger partial charge is 0.340 e. The molecule has 1 saturated carbocycles. The van der Waals surface area contributed by atoms with Gasteiger partial charge in [0, 0.05) is 45.4 Å². The quantitative estimate of drug-likeness (QED) is 0.737. The molecule has 0 N–H and O–H groups in total. The number of carbonyl (C=O) groups is 1. The summed E-state index contributed by atoms with van der Waals surface area (Å²) in [5.41, 5.74) is 0. The van der Waals surface area contributed by atoms with E-state index in [-0.39, 0.29) is 11.7 Å². The number of amides is 1. The average molecular weight is 316 g/mol. The fourth-order valence-electron chi connectivity index (χ4n) is 3.30. The van der Waals surface area contributed by atoms with Crippen molar-refractivity contribution in [2.45, 2.75) is 38.5 Å². The third kappa shape index (κ3) is 5.94. The highest BCUT2D eigenvalue weighted by Gasteiger charge is 2.23. The third-order valence-electron chi connectivity index (χ3n) is 4.74. The number of sulfone groups is 1. The van der Waals surface area contributed by atoms with Crippen LogP contribution in [0.5, 0.6) is 0 Å². The van der Waals surface area contributed by atoms with E-state index in [1.165, 1.54) is 31.9 Å². The molecule has 1 heterocycles. The lowest BCUT2D eigenvalue weighted by Gasteiger charge is -2.34. The molecule has 0 atom stereocenters. The number of rotatable bonds is 6. The number of hydrogen-bond acceptors (Lipinski definition) is 4. The Kier molecular flexibility index (Phi) is 6.05. The summed E-state index contributed by atoms with van der Waals surface area (Å²) in [6.07, 6.45) is 8.27. The minimum Gasteiger partial charge on any atom is -0.340 e. The van der Waals surface area contributed by atoms with Crippen molar-refractivity contribution in [3.8, 4) is 0 Å². The van der Waals surface area contributed by atoms with Crippen LogP contribution in [0.3, 0.4) is 0 Å². The van der Waals surface area contributed by atoms with Crippen LogP contribution in [0.2, 0.25) is 0 Å². The highest BCUT2D eigenvalue weighted by atomic mass is 32.2. The van der Waals surface area contributed by atoms with Crippen molar-refractivity contribution in [3.63, 3.8) is 0 Å². The van der Waals surface area contributed by atoms with Crippen LogP contribution in [0.25, 0.3) is 0 Å². The summed E-state index contributed by atoms with van der Waals surface area (Å²) in [5, 5.41) is 0. The maximum Gasteiger partial charge on any atom is 0.222 e. The van der Waals surface area contributed by atoms with E-state index in [0.29, 0.717) is 13.0 Å². The van der Waals surface area contributed by atoms with Gasteiger partial charge < -0.3 is 4.90 Å². The van der Waals surface area contributed by atoms with Crippen LogP contribution in [-0.4, -0.2) is 68.9 Å². The van der Waals surface area contributed by atoms with Gasteiger partial charge in [-0.15, -0.1) is 0 Å². The molecule has 2 fully saturated rings. The van der Waals surface area contributed by atoms with Crippen molar-refractivity contribution in [2.75, 3.05) is 44.7 Å². The zero-order valence-electron chi connectivity index (χ0n) is 13.1. The SMILES string of the molecule is CS(=O)(=O)CCN1CCN(C(=O)CCC2CCCC2)CC1. The van der Waals surface area contributed by atoms with E-state index >= 15 is 0 Å². The van der Waals surface area contributed by atoms with Crippen LogP contribution >= 0.6 is 0 Å². The minimum atomic E-state index is -2.89. The van der Waals surface area contributed by atoms with E-state index in [2.05, 4.69) is 4.90 Å². The molecular weight excluding hydrogens is 288 g/mol. The van der Waals surface area contributed by atoms with Crippen LogP contribution in [0, 0.1) is 5.92 Å². The number of piperazine rings is 1. The molecule has 2 aliphatic rings. The van der Waals surface area contributed by atoms with Gasteiger partial charge in [-0.2, -0.15) is 0 Å². The number of carbonyl (C=O) groups excluding carboxylic acids is 1. The van der Waals surface area contributed by atoms with Crippen LogP contribution in [0.15, 0.2) is 0 Å². The van der Waals surface area contributed by atoms with E-state index in [1.54, 1.807) is 0 Å². The molecule has 1 aliphatic heterocycles. The smallest absolute Gasteiger partial charge is 0.222 e. The molecular formula is C15H28N2O3S. The van der Waals surface area contributed by atoms with E-state index in [1.807, 2.05) is 4.90 Å². The second-order valence-corrected chi connectivity index (χ2v) is 8.80. The first-order valence-electron chi connectivity index (χ1n) is 8.12. The van der Waals surface area contributed by atoms with Crippen molar-refractivity contribution < 1.29 is 13.2 Å². The number of nitrogens with zero attached hydrogens (tertiary/aromatic N) is 2. The summed E-state index contributed by atoms with van der Waals surface area (Å²) in [4.78, 5) is 16.3. The molecule has 6 heteroatoms. The van der Waals surface area contributed by atoms with Gasteiger partial charge in [0.15, 0.2) is 0 Å². The van der Waals surface area contributed by atoms with Crippen molar-refractivity contribution in [1.82, 2.24) is 9.80 Å². The highest BCUT2D eigenvalue weighted by Crippen LogP contribution is 2.28. The summed E-state index contributed by atoms with van der Waals surface area (Å²) < 4.78 is 22.3. The molecule has 0 spiro atoms. The van der Waals surface area contributed by atoms with Gasteiger partial charge in [0.25, 0.3) is 0 Å². The van der Waals surface area contributed by atoms with Crippen molar-refractivity contribution in [1.29, 1.82) is 0 Å². The highest BCUT2D eigenvalue weighted by molar-refractivity contribution is 7.90. The van der Waals surface area contributed by atoms with Gasteiger partial charge in [-0.1, -0.05) is 25.7 Å². The molecule has 0 bridgehead atoms. The van der Waals surface area contributed by atoms with Gasteiger partial charge in [-0.3, -0.25) is 9.69 Å². The summed E-state index contributed by atoms with van der Waals surface area (Å²) in [7, 11) is -2.89.